The van der Waals surface area contributed by atoms with Crippen molar-refractivity contribution in [2.75, 3.05) is 26.3 Å². The van der Waals surface area contributed by atoms with Crippen molar-refractivity contribution in [3.8, 4) is 0 Å². The molecular formula is C14H27N3O2. The van der Waals surface area contributed by atoms with Crippen LogP contribution in [0.3, 0.4) is 0 Å². The number of hydrogen-bond acceptors (Lipinski definition) is 3. The van der Waals surface area contributed by atoms with E-state index in [-0.39, 0.29) is 0 Å². The third-order valence-electron chi connectivity index (χ3n) is 3.69. The number of rotatable bonds is 7. The second-order valence-corrected chi connectivity index (χ2v) is 5.17. The maximum absolute atomic E-state index is 5.86. The molecule has 3 unspecified atom stereocenters. The van der Waals surface area contributed by atoms with E-state index in [1.165, 1.54) is 12.8 Å². The first kappa shape index (κ1) is 14.6. The summed E-state index contributed by atoms with van der Waals surface area (Å²) < 4.78 is 11.2. The van der Waals surface area contributed by atoms with E-state index in [9.17, 15) is 0 Å². The molecule has 3 atom stereocenters. The van der Waals surface area contributed by atoms with Gasteiger partial charge in [0, 0.05) is 26.3 Å². The van der Waals surface area contributed by atoms with Gasteiger partial charge in [0.2, 0.25) is 0 Å². The molecule has 0 aromatic carbocycles. The van der Waals surface area contributed by atoms with Crippen molar-refractivity contribution >= 4 is 5.96 Å². The minimum Gasteiger partial charge on any atom is -0.382 e. The molecule has 2 fully saturated rings. The molecule has 0 saturated carbocycles. The van der Waals surface area contributed by atoms with E-state index in [1.54, 1.807) is 0 Å². The fraction of sp³-hybridized carbons (Fsp3) is 0.929. The van der Waals surface area contributed by atoms with Crippen LogP contribution in [0.2, 0.25) is 0 Å². The summed E-state index contributed by atoms with van der Waals surface area (Å²) in [5.74, 6) is 0.917. The highest BCUT2D eigenvalue weighted by molar-refractivity contribution is 5.80. The Bertz CT molecular complexity index is 296. The normalized spacial score (nSPS) is 29.8. The minimum absolute atomic E-state index is 0.386. The van der Waals surface area contributed by atoms with Crippen LogP contribution in [0.5, 0.6) is 0 Å². The zero-order valence-electron chi connectivity index (χ0n) is 12.2. The van der Waals surface area contributed by atoms with Crippen LogP contribution in [0.1, 0.15) is 39.5 Å². The second kappa shape index (κ2) is 7.70. The molecule has 2 saturated heterocycles. The highest BCUT2D eigenvalue weighted by Crippen LogP contribution is 2.34. The number of hydrogen-bond donors (Lipinski definition) is 2. The van der Waals surface area contributed by atoms with Crippen molar-refractivity contribution in [3.05, 3.63) is 0 Å². The number of fused-ring (bicyclic) bond motifs is 2. The van der Waals surface area contributed by atoms with Gasteiger partial charge in [0.1, 0.15) is 0 Å². The van der Waals surface area contributed by atoms with Crippen LogP contribution in [0.25, 0.3) is 0 Å². The van der Waals surface area contributed by atoms with E-state index in [0.717, 1.165) is 45.1 Å². The Hall–Kier alpha value is -0.810. The summed E-state index contributed by atoms with van der Waals surface area (Å²) in [4.78, 5) is 4.59. The van der Waals surface area contributed by atoms with Crippen molar-refractivity contribution in [2.45, 2.75) is 57.8 Å². The van der Waals surface area contributed by atoms with Crippen molar-refractivity contribution < 1.29 is 9.47 Å². The predicted molar refractivity (Wildman–Crippen MR) is 76.5 cm³/mol. The van der Waals surface area contributed by atoms with Crippen LogP contribution < -0.4 is 10.6 Å². The highest BCUT2D eigenvalue weighted by Gasteiger charge is 2.41. The molecule has 0 spiro atoms. The van der Waals surface area contributed by atoms with E-state index in [2.05, 4.69) is 22.5 Å². The smallest absolute Gasteiger partial charge is 0.191 e. The lowest BCUT2D eigenvalue weighted by atomic mass is 9.96. The Morgan fingerprint density at radius 2 is 2.26 bits per heavy atom. The van der Waals surface area contributed by atoms with Crippen LogP contribution in [0.15, 0.2) is 4.99 Å². The molecule has 2 aliphatic rings. The van der Waals surface area contributed by atoms with Gasteiger partial charge in [0.05, 0.1) is 18.2 Å². The van der Waals surface area contributed by atoms with E-state index >= 15 is 0 Å². The Balaban J connectivity index is 1.73. The van der Waals surface area contributed by atoms with E-state index in [1.807, 2.05) is 6.92 Å². The van der Waals surface area contributed by atoms with Gasteiger partial charge in [-0.25, -0.2) is 0 Å². The molecule has 2 aliphatic heterocycles. The Kier molecular flexibility index (Phi) is 5.92. The Morgan fingerprint density at radius 3 is 2.89 bits per heavy atom. The van der Waals surface area contributed by atoms with E-state index < -0.39 is 0 Å². The molecule has 0 aromatic rings. The molecular weight excluding hydrogens is 242 g/mol. The number of nitrogens with one attached hydrogen (secondary N) is 2. The average molecular weight is 269 g/mol. The monoisotopic (exact) mass is 269 g/mol. The topological polar surface area (TPSA) is 54.9 Å². The molecule has 0 aliphatic carbocycles. The molecule has 2 bridgehead atoms. The molecule has 2 heterocycles. The summed E-state index contributed by atoms with van der Waals surface area (Å²) in [6.07, 6.45) is 5.36. The standard InChI is InChI=1S/C14H27N3O2/c1-3-15-14(16-8-5-9-18-4-2)17-12-10-11-6-7-13(12)19-11/h11-13H,3-10H2,1-2H3,(H2,15,16,17). The van der Waals surface area contributed by atoms with Crippen molar-refractivity contribution in [1.29, 1.82) is 0 Å². The van der Waals surface area contributed by atoms with Gasteiger partial charge in [-0.2, -0.15) is 0 Å². The lowest BCUT2D eigenvalue weighted by Crippen LogP contribution is -2.47. The number of ether oxygens (including phenoxy) is 2. The molecule has 0 aromatic heterocycles. The third-order valence-corrected chi connectivity index (χ3v) is 3.69. The van der Waals surface area contributed by atoms with Gasteiger partial charge in [-0.3, -0.25) is 4.99 Å². The Labute approximate surface area is 116 Å². The van der Waals surface area contributed by atoms with Gasteiger partial charge in [0.15, 0.2) is 5.96 Å². The van der Waals surface area contributed by atoms with Gasteiger partial charge < -0.3 is 20.1 Å². The SMILES string of the molecule is CCNC(=NCCCOCC)NC1CC2CCC1O2. The molecule has 0 radical (unpaired) electrons. The second-order valence-electron chi connectivity index (χ2n) is 5.17. The fourth-order valence-corrected chi connectivity index (χ4v) is 2.79. The van der Waals surface area contributed by atoms with Crippen molar-refractivity contribution in [1.82, 2.24) is 10.6 Å². The number of nitrogens with zero attached hydrogens (tertiary/aromatic N) is 1. The van der Waals surface area contributed by atoms with Crippen molar-refractivity contribution in [2.24, 2.45) is 4.99 Å². The average Bonchev–Trinajstić information content (AvgIpc) is 3.01. The van der Waals surface area contributed by atoms with Gasteiger partial charge in [-0.1, -0.05) is 0 Å². The maximum Gasteiger partial charge on any atom is 0.191 e. The van der Waals surface area contributed by atoms with Crippen LogP contribution in [0.4, 0.5) is 0 Å². The van der Waals surface area contributed by atoms with Crippen molar-refractivity contribution in [3.63, 3.8) is 0 Å². The van der Waals surface area contributed by atoms with Crippen LogP contribution in [-0.2, 0) is 9.47 Å². The molecule has 5 nitrogen and oxygen atoms in total. The van der Waals surface area contributed by atoms with Crippen LogP contribution >= 0.6 is 0 Å². The number of guanidine groups is 1. The van der Waals surface area contributed by atoms with Gasteiger partial charge >= 0.3 is 0 Å². The largest absolute Gasteiger partial charge is 0.382 e. The zero-order chi connectivity index (χ0) is 13.5. The fourth-order valence-electron chi connectivity index (χ4n) is 2.79. The lowest BCUT2D eigenvalue weighted by molar-refractivity contribution is 0.0992. The van der Waals surface area contributed by atoms with Gasteiger partial charge in [-0.15, -0.1) is 0 Å². The summed E-state index contributed by atoms with van der Waals surface area (Å²) in [6, 6.07) is 0.434. The molecule has 5 heteroatoms. The van der Waals surface area contributed by atoms with Crippen LogP contribution in [0, 0.1) is 0 Å². The highest BCUT2D eigenvalue weighted by atomic mass is 16.5. The van der Waals surface area contributed by atoms with Gasteiger partial charge in [0.25, 0.3) is 0 Å². The van der Waals surface area contributed by atoms with E-state index in [4.69, 9.17) is 9.47 Å². The predicted octanol–water partition coefficient (Wildman–Crippen LogP) is 1.29. The summed E-state index contributed by atoms with van der Waals surface area (Å²) in [5.41, 5.74) is 0. The molecule has 110 valence electrons. The maximum atomic E-state index is 5.86. The molecule has 19 heavy (non-hydrogen) atoms. The number of aliphatic imine (C=N–C) groups is 1. The third kappa shape index (κ3) is 4.35. The quantitative estimate of drug-likeness (QED) is 0.415. The summed E-state index contributed by atoms with van der Waals surface area (Å²) in [7, 11) is 0. The van der Waals surface area contributed by atoms with Crippen LogP contribution in [-0.4, -0.2) is 50.5 Å². The zero-order valence-corrected chi connectivity index (χ0v) is 12.2. The Morgan fingerprint density at radius 1 is 1.37 bits per heavy atom. The molecule has 2 N–H and O–H groups in total. The molecule has 0 amide bonds. The minimum atomic E-state index is 0.386. The lowest BCUT2D eigenvalue weighted by Gasteiger charge is -2.22. The van der Waals surface area contributed by atoms with E-state index in [0.29, 0.717) is 18.2 Å². The first-order valence-corrected chi connectivity index (χ1v) is 7.61. The first-order chi connectivity index (χ1) is 9.33. The molecule has 2 rings (SSSR count). The summed E-state index contributed by atoms with van der Waals surface area (Å²) >= 11 is 0. The summed E-state index contributed by atoms with van der Waals surface area (Å²) in [6.45, 7) is 7.37. The first-order valence-electron chi connectivity index (χ1n) is 7.61. The summed E-state index contributed by atoms with van der Waals surface area (Å²) in [5, 5.41) is 6.81. The van der Waals surface area contributed by atoms with Gasteiger partial charge in [-0.05, 0) is 39.5 Å².